The average molecular weight is 439 g/mol. The van der Waals surface area contributed by atoms with Crippen LogP contribution in [0.1, 0.15) is 68.2 Å². The molecule has 0 spiro atoms. The number of carbonyl (C=O) groups excluding carboxylic acids is 2. The third-order valence-corrected chi connectivity index (χ3v) is 11.2. The number of esters is 1. The van der Waals surface area contributed by atoms with Crippen molar-refractivity contribution in [1.29, 1.82) is 0 Å². The van der Waals surface area contributed by atoms with Crippen LogP contribution >= 0.6 is 0 Å². The highest BCUT2D eigenvalue weighted by atomic mass is 28.4. The first-order valence-corrected chi connectivity index (χ1v) is 14.2. The van der Waals surface area contributed by atoms with Gasteiger partial charge in [-0.15, -0.1) is 6.58 Å². The molecule has 0 amide bonds. The molecule has 0 saturated heterocycles. The molecule has 0 bridgehead atoms. The standard InChI is InChI=1S/C25H46O4Si/c1-13-17(4)22(15-3)28-24(27)20(7)23(29-30(11,12)25(8,9)10)19(6)16-18(5)21(26)14-2/h13-14,17-20,22-23H,1-2,15-16H2,3-12H3/t17-,18-,19+,20-,22-,23+/m1/s1. The molecule has 0 aliphatic rings. The number of ketones is 1. The Balaban J connectivity index is 5.74. The van der Waals surface area contributed by atoms with Gasteiger partial charge < -0.3 is 9.16 Å². The molecule has 0 fully saturated rings. The summed E-state index contributed by atoms with van der Waals surface area (Å²) < 4.78 is 12.6. The molecule has 5 heteroatoms. The third-order valence-electron chi connectivity index (χ3n) is 6.70. The summed E-state index contributed by atoms with van der Waals surface area (Å²) in [7, 11) is -2.13. The first-order chi connectivity index (χ1) is 13.6. The summed E-state index contributed by atoms with van der Waals surface area (Å²) in [6, 6.07) is 0. The minimum Gasteiger partial charge on any atom is -0.461 e. The summed E-state index contributed by atoms with van der Waals surface area (Å²) in [4.78, 5) is 25.1. The van der Waals surface area contributed by atoms with Crippen molar-refractivity contribution in [3.8, 4) is 0 Å². The van der Waals surface area contributed by atoms with Crippen LogP contribution in [-0.2, 0) is 18.8 Å². The molecule has 0 aromatic carbocycles. The van der Waals surface area contributed by atoms with Gasteiger partial charge in [0.15, 0.2) is 14.1 Å². The largest absolute Gasteiger partial charge is 0.461 e. The summed E-state index contributed by atoms with van der Waals surface area (Å²) in [5.74, 6) is -0.685. The van der Waals surface area contributed by atoms with Crippen LogP contribution in [0.2, 0.25) is 18.1 Å². The van der Waals surface area contributed by atoms with Crippen molar-refractivity contribution in [2.75, 3.05) is 0 Å². The molecule has 0 aromatic rings. The molecule has 0 aliphatic carbocycles. The minimum absolute atomic E-state index is 0.0143. The predicted molar refractivity (Wildman–Crippen MR) is 129 cm³/mol. The second-order valence-corrected chi connectivity index (χ2v) is 15.1. The van der Waals surface area contributed by atoms with Crippen molar-refractivity contribution < 1.29 is 18.8 Å². The van der Waals surface area contributed by atoms with E-state index < -0.39 is 14.2 Å². The van der Waals surface area contributed by atoms with Gasteiger partial charge in [-0.25, -0.2) is 0 Å². The van der Waals surface area contributed by atoms with Gasteiger partial charge in [0.05, 0.1) is 12.0 Å². The van der Waals surface area contributed by atoms with Gasteiger partial charge in [0.25, 0.3) is 0 Å². The Morgan fingerprint density at radius 2 is 1.60 bits per heavy atom. The van der Waals surface area contributed by atoms with E-state index in [9.17, 15) is 9.59 Å². The quantitative estimate of drug-likeness (QED) is 0.141. The van der Waals surface area contributed by atoms with Crippen LogP contribution in [-0.4, -0.2) is 32.3 Å². The van der Waals surface area contributed by atoms with Gasteiger partial charge in [-0.05, 0) is 49.9 Å². The Morgan fingerprint density at radius 1 is 1.07 bits per heavy atom. The Bertz CT molecular complexity index is 590. The van der Waals surface area contributed by atoms with Gasteiger partial charge >= 0.3 is 5.97 Å². The van der Waals surface area contributed by atoms with Crippen LogP contribution in [0.4, 0.5) is 0 Å². The molecule has 0 radical (unpaired) electrons. The van der Waals surface area contributed by atoms with Gasteiger partial charge in [-0.3, -0.25) is 9.59 Å². The Kier molecular flexibility index (Phi) is 11.5. The van der Waals surface area contributed by atoms with Crippen molar-refractivity contribution in [3.05, 3.63) is 25.3 Å². The molecule has 30 heavy (non-hydrogen) atoms. The molecule has 4 nitrogen and oxygen atoms in total. The van der Waals surface area contributed by atoms with Crippen LogP contribution < -0.4 is 0 Å². The van der Waals surface area contributed by atoms with E-state index >= 15 is 0 Å². The van der Waals surface area contributed by atoms with Crippen molar-refractivity contribution in [3.63, 3.8) is 0 Å². The summed E-state index contributed by atoms with van der Waals surface area (Å²) in [6.45, 7) is 28.3. The number of hydrogen-bond donors (Lipinski definition) is 0. The highest BCUT2D eigenvalue weighted by molar-refractivity contribution is 6.74. The van der Waals surface area contributed by atoms with Crippen LogP contribution in [0.3, 0.4) is 0 Å². The lowest BCUT2D eigenvalue weighted by Crippen LogP contribution is -2.49. The Labute approximate surface area is 186 Å². The average Bonchev–Trinajstić information content (AvgIpc) is 2.66. The summed E-state index contributed by atoms with van der Waals surface area (Å²) in [5.41, 5.74) is 0. The van der Waals surface area contributed by atoms with Crippen LogP contribution in [0.25, 0.3) is 0 Å². The maximum absolute atomic E-state index is 13.1. The predicted octanol–water partition coefficient (Wildman–Crippen LogP) is 6.57. The van der Waals surface area contributed by atoms with E-state index in [1.165, 1.54) is 6.08 Å². The fourth-order valence-electron chi connectivity index (χ4n) is 3.34. The molecule has 0 saturated carbocycles. The highest BCUT2D eigenvalue weighted by Gasteiger charge is 2.43. The van der Waals surface area contributed by atoms with Crippen LogP contribution in [0, 0.1) is 23.7 Å². The maximum Gasteiger partial charge on any atom is 0.311 e. The highest BCUT2D eigenvalue weighted by Crippen LogP contribution is 2.40. The monoisotopic (exact) mass is 438 g/mol. The molecule has 0 rings (SSSR count). The lowest BCUT2D eigenvalue weighted by Gasteiger charge is -2.42. The summed E-state index contributed by atoms with van der Waals surface area (Å²) in [6.07, 6.45) is 4.07. The van der Waals surface area contributed by atoms with E-state index in [4.69, 9.17) is 9.16 Å². The zero-order chi connectivity index (χ0) is 23.9. The smallest absolute Gasteiger partial charge is 0.311 e. The van der Waals surface area contributed by atoms with Gasteiger partial charge in [0.2, 0.25) is 0 Å². The van der Waals surface area contributed by atoms with E-state index in [-0.39, 0.29) is 46.8 Å². The fraction of sp³-hybridized carbons (Fsp3) is 0.760. The SMILES string of the molecule is C=CC(=O)[C@H](C)C[C@H](C)[C@H](O[Si](C)(C)C(C)(C)C)[C@@H](C)C(=O)O[C@H](CC)[C@H](C)C=C. The number of hydrogen-bond acceptors (Lipinski definition) is 4. The Hall–Kier alpha value is -1.20. The van der Waals surface area contributed by atoms with Crippen molar-refractivity contribution in [2.45, 2.75) is 98.6 Å². The van der Waals surface area contributed by atoms with E-state index in [1.807, 2.05) is 33.8 Å². The molecule has 0 aliphatic heterocycles. The van der Waals surface area contributed by atoms with E-state index in [0.29, 0.717) is 6.42 Å². The molecule has 0 N–H and O–H groups in total. The van der Waals surface area contributed by atoms with Gasteiger partial charge in [-0.1, -0.05) is 61.1 Å². The second-order valence-electron chi connectivity index (χ2n) is 10.3. The molecular formula is C25H46O4Si. The lowest BCUT2D eigenvalue weighted by atomic mass is 9.85. The third kappa shape index (κ3) is 8.14. The molecule has 0 aromatic heterocycles. The topological polar surface area (TPSA) is 52.6 Å². The minimum atomic E-state index is -2.13. The first-order valence-electron chi connectivity index (χ1n) is 11.3. The number of rotatable bonds is 13. The zero-order valence-electron chi connectivity index (χ0n) is 21.1. The molecular weight excluding hydrogens is 392 g/mol. The molecule has 6 atom stereocenters. The zero-order valence-corrected chi connectivity index (χ0v) is 22.1. The molecule has 0 unspecified atom stereocenters. The van der Waals surface area contributed by atoms with E-state index in [0.717, 1.165) is 6.42 Å². The first kappa shape index (κ1) is 28.8. The van der Waals surface area contributed by atoms with Crippen molar-refractivity contribution >= 4 is 20.1 Å². The number of ether oxygens (including phenoxy) is 1. The second kappa shape index (κ2) is 12.0. The fourth-order valence-corrected chi connectivity index (χ4v) is 4.81. The van der Waals surface area contributed by atoms with Gasteiger partial charge in [-0.2, -0.15) is 0 Å². The maximum atomic E-state index is 13.1. The lowest BCUT2D eigenvalue weighted by molar-refractivity contribution is -0.160. The molecule has 174 valence electrons. The van der Waals surface area contributed by atoms with E-state index in [2.05, 4.69) is 53.9 Å². The van der Waals surface area contributed by atoms with Crippen LogP contribution in [0.15, 0.2) is 25.3 Å². The summed E-state index contributed by atoms with van der Waals surface area (Å²) >= 11 is 0. The van der Waals surface area contributed by atoms with Gasteiger partial charge in [0.1, 0.15) is 6.10 Å². The number of carbonyl (C=O) groups is 2. The van der Waals surface area contributed by atoms with Crippen molar-refractivity contribution in [1.82, 2.24) is 0 Å². The van der Waals surface area contributed by atoms with Gasteiger partial charge in [0, 0.05) is 11.8 Å². The summed E-state index contributed by atoms with van der Waals surface area (Å²) in [5, 5.41) is 0.0143. The normalized spacial score (nSPS) is 18.5. The van der Waals surface area contributed by atoms with Crippen molar-refractivity contribution in [2.24, 2.45) is 23.7 Å². The van der Waals surface area contributed by atoms with E-state index in [1.54, 1.807) is 0 Å². The Morgan fingerprint density at radius 3 is 2.00 bits per heavy atom. The molecule has 0 heterocycles. The van der Waals surface area contributed by atoms with Crippen LogP contribution in [0.5, 0.6) is 0 Å². The number of allylic oxidation sites excluding steroid dienone is 1.